The summed E-state index contributed by atoms with van der Waals surface area (Å²) < 4.78 is 0. The van der Waals surface area contributed by atoms with Crippen LogP contribution in [0.5, 0.6) is 5.75 Å². The molecule has 0 fully saturated rings. The quantitative estimate of drug-likeness (QED) is 0.753. The second-order valence-corrected chi connectivity index (χ2v) is 4.63. The second-order valence-electron chi connectivity index (χ2n) is 4.63. The van der Waals surface area contributed by atoms with E-state index in [2.05, 4.69) is 5.32 Å². The Morgan fingerprint density at radius 2 is 1.65 bits per heavy atom. The SMILES string of the molecule is O=C(O)[C@H](Cc1ccc(O)cc1)NCc1ccccc1. The van der Waals surface area contributed by atoms with Crippen molar-refractivity contribution in [3.8, 4) is 5.75 Å². The minimum atomic E-state index is -0.881. The second kappa shape index (κ2) is 6.73. The van der Waals surface area contributed by atoms with Gasteiger partial charge < -0.3 is 15.5 Å². The van der Waals surface area contributed by atoms with E-state index in [1.165, 1.54) is 0 Å². The van der Waals surface area contributed by atoms with Crippen LogP contribution >= 0.6 is 0 Å². The Bertz CT molecular complexity index is 552. The van der Waals surface area contributed by atoms with Crippen molar-refractivity contribution in [2.75, 3.05) is 0 Å². The van der Waals surface area contributed by atoms with E-state index < -0.39 is 12.0 Å². The average molecular weight is 271 g/mol. The first kappa shape index (κ1) is 14.1. The van der Waals surface area contributed by atoms with Gasteiger partial charge in [-0.15, -0.1) is 0 Å². The van der Waals surface area contributed by atoms with Gasteiger partial charge in [0.1, 0.15) is 11.8 Å². The molecule has 0 saturated carbocycles. The van der Waals surface area contributed by atoms with E-state index in [-0.39, 0.29) is 5.75 Å². The average Bonchev–Trinajstić information content (AvgIpc) is 2.46. The molecule has 0 amide bonds. The number of hydrogen-bond acceptors (Lipinski definition) is 3. The third kappa shape index (κ3) is 4.10. The van der Waals surface area contributed by atoms with E-state index in [0.717, 1.165) is 11.1 Å². The molecule has 104 valence electrons. The summed E-state index contributed by atoms with van der Waals surface area (Å²) in [4.78, 5) is 11.3. The maximum absolute atomic E-state index is 11.3. The molecule has 4 nitrogen and oxygen atoms in total. The number of nitrogens with one attached hydrogen (secondary N) is 1. The summed E-state index contributed by atoms with van der Waals surface area (Å²) in [5.74, 6) is -0.702. The lowest BCUT2D eigenvalue weighted by Crippen LogP contribution is -2.38. The third-order valence-electron chi connectivity index (χ3n) is 3.07. The molecule has 0 aliphatic carbocycles. The van der Waals surface area contributed by atoms with Gasteiger partial charge in [-0.1, -0.05) is 42.5 Å². The van der Waals surface area contributed by atoms with E-state index in [4.69, 9.17) is 0 Å². The highest BCUT2D eigenvalue weighted by Gasteiger charge is 2.17. The van der Waals surface area contributed by atoms with Gasteiger partial charge in [-0.05, 0) is 29.7 Å². The summed E-state index contributed by atoms with van der Waals surface area (Å²) in [7, 11) is 0. The van der Waals surface area contributed by atoms with Crippen LogP contribution in [0.2, 0.25) is 0 Å². The molecule has 0 radical (unpaired) electrons. The van der Waals surface area contributed by atoms with Crippen molar-refractivity contribution in [2.45, 2.75) is 19.0 Å². The minimum absolute atomic E-state index is 0.179. The lowest BCUT2D eigenvalue weighted by molar-refractivity contribution is -0.139. The zero-order valence-electron chi connectivity index (χ0n) is 11.0. The molecule has 0 spiro atoms. The van der Waals surface area contributed by atoms with Crippen molar-refractivity contribution in [3.05, 3.63) is 65.7 Å². The van der Waals surface area contributed by atoms with E-state index in [9.17, 15) is 15.0 Å². The molecule has 0 aromatic heterocycles. The zero-order valence-corrected chi connectivity index (χ0v) is 11.0. The van der Waals surface area contributed by atoms with Crippen molar-refractivity contribution in [1.82, 2.24) is 5.32 Å². The first-order valence-corrected chi connectivity index (χ1v) is 6.43. The van der Waals surface area contributed by atoms with Crippen LogP contribution in [0.25, 0.3) is 0 Å². The minimum Gasteiger partial charge on any atom is -0.508 e. The monoisotopic (exact) mass is 271 g/mol. The van der Waals surface area contributed by atoms with Crippen LogP contribution in [0.3, 0.4) is 0 Å². The molecular formula is C16H17NO3. The van der Waals surface area contributed by atoms with Crippen molar-refractivity contribution in [2.24, 2.45) is 0 Å². The first-order valence-electron chi connectivity index (χ1n) is 6.43. The number of aliphatic carboxylic acids is 1. The lowest BCUT2D eigenvalue weighted by Gasteiger charge is -2.14. The van der Waals surface area contributed by atoms with E-state index in [1.807, 2.05) is 30.3 Å². The molecule has 3 N–H and O–H groups in total. The van der Waals surface area contributed by atoms with Crippen LogP contribution in [0.1, 0.15) is 11.1 Å². The van der Waals surface area contributed by atoms with Crippen molar-refractivity contribution in [3.63, 3.8) is 0 Å². The molecule has 0 aliphatic rings. The van der Waals surface area contributed by atoms with Crippen LogP contribution in [0.15, 0.2) is 54.6 Å². The van der Waals surface area contributed by atoms with Crippen LogP contribution in [-0.4, -0.2) is 22.2 Å². The fraction of sp³-hybridized carbons (Fsp3) is 0.188. The highest BCUT2D eigenvalue weighted by Crippen LogP contribution is 2.11. The third-order valence-corrected chi connectivity index (χ3v) is 3.07. The summed E-state index contributed by atoms with van der Waals surface area (Å²) in [6.07, 6.45) is 0.377. The molecule has 20 heavy (non-hydrogen) atoms. The zero-order chi connectivity index (χ0) is 14.4. The Morgan fingerprint density at radius 1 is 1.00 bits per heavy atom. The van der Waals surface area contributed by atoms with Crippen LogP contribution < -0.4 is 5.32 Å². The normalized spacial score (nSPS) is 12.0. The largest absolute Gasteiger partial charge is 0.508 e. The predicted molar refractivity (Wildman–Crippen MR) is 76.5 cm³/mol. The Morgan fingerprint density at radius 3 is 2.25 bits per heavy atom. The lowest BCUT2D eigenvalue weighted by atomic mass is 10.1. The number of aromatic hydroxyl groups is 1. The molecule has 0 aliphatic heterocycles. The number of carbonyl (C=O) groups is 1. The summed E-state index contributed by atoms with van der Waals surface area (Å²) in [5.41, 5.74) is 1.92. The number of carboxylic acid groups (broad SMARTS) is 1. The molecule has 1 atom stereocenters. The summed E-state index contributed by atoms with van der Waals surface area (Å²) >= 11 is 0. The van der Waals surface area contributed by atoms with Crippen LogP contribution in [0, 0.1) is 0 Å². The Kier molecular flexibility index (Phi) is 4.74. The maximum Gasteiger partial charge on any atom is 0.321 e. The van der Waals surface area contributed by atoms with Gasteiger partial charge >= 0.3 is 5.97 Å². The molecule has 0 bridgehead atoms. The smallest absolute Gasteiger partial charge is 0.321 e. The molecule has 2 aromatic rings. The Labute approximate surface area is 117 Å². The van der Waals surface area contributed by atoms with Gasteiger partial charge in [0, 0.05) is 6.54 Å². The number of phenols is 1. The summed E-state index contributed by atoms with van der Waals surface area (Å²) in [5, 5.41) is 21.5. The molecular weight excluding hydrogens is 254 g/mol. The number of benzene rings is 2. The number of hydrogen-bond donors (Lipinski definition) is 3. The van der Waals surface area contributed by atoms with Gasteiger partial charge in [0.25, 0.3) is 0 Å². The Balaban J connectivity index is 1.97. The highest BCUT2D eigenvalue weighted by molar-refractivity contribution is 5.73. The van der Waals surface area contributed by atoms with Crippen molar-refractivity contribution < 1.29 is 15.0 Å². The van der Waals surface area contributed by atoms with Gasteiger partial charge in [0.15, 0.2) is 0 Å². The molecule has 4 heteroatoms. The Hall–Kier alpha value is -2.33. The van der Waals surface area contributed by atoms with Crippen LogP contribution in [0.4, 0.5) is 0 Å². The van der Waals surface area contributed by atoms with E-state index in [0.29, 0.717) is 13.0 Å². The first-order chi connectivity index (χ1) is 9.65. The molecule has 0 unspecified atom stereocenters. The van der Waals surface area contributed by atoms with E-state index in [1.54, 1.807) is 24.3 Å². The van der Waals surface area contributed by atoms with Gasteiger partial charge in [-0.25, -0.2) is 0 Å². The van der Waals surface area contributed by atoms with Gasteiger partial charge in [-0.3, -0.25) is 4.79 Å². The standard InChI is InChI=1S/C16H17NO3/c18-14-8-6-12(7-9-14)10-15(16(19)20)17-11-13-4-2-1-3-5-13/h1-9,15,17-18H,10-11H2,(H,19,20)/t15-/m0/s1. The van der Waals surface area contributed by atoms with Crippen molar-refractivity contribution in [1.29, 1.82) is 0 Å². The topological polar surface area (TPSA) is 69.6 Å². The van der Waals surface area contributed by atoms with Gasteiger partial charge in [0.2, 0.25) is 0 Å². The summed E-state index contributed by atoms with van der Waals surface area (Å²) in [6, 6.07) is 15.6. The number of phenolic OH excluding ortho intramolecular Hbond substituents is 1. The maximum atomic E-state index is 11.3. The highest BCUT2D eigenvalue weighted by atomic mass is 16.4. The molecule has 0 heterocycles. The fourth-order valence-electron chi connectivity index (χ4n) is 1.95. The van der Waals surface area contributed by atoms with Crippen molar-refractivity contribution >= 4 is 5.97 Å². The fourth-order valence-corrected chi connectivity index (χ4v) is 1.95. The predicted octanol–water partition coefficient (Wildman–Crippen LogP) is 2.18. The van der Waals surface area contributed by atoms with Gasteiger partial charge in [0.05, 0.1) is 0 Å². The number of carboxylic acids is 1. The molecule has 0 saturated heterocycles. The summed E-state index contributed by atoms with van der Waals surface area (Å²) in [6.45, 7) is 0.510. The molecule has 2 aromatic carbocycles. The van der Waals surface area contributed by atoms with Gasteiger partial charge in [-0.2, -0.15) is 0 Å². The molecule has 2 rings (SSSR count). The number of rotatable bonds is 6. The van der Waals surface area contributed by atoms with Crippen LogP contribution in [-0.2, 0) is 17.8 Å². The van der Waals surface area contributed by atoms with E-state index >= 15 is 0 Å².